The normalized spacial score (nSPS) is 21.5. The van der Waals surface area contributed by atoms with E-state index in [-0.39, 0.29) is 35.2 Å². The van der Waals surface area contributed by atoms with Crippen molar-refractivity contribution in [3.05, 3.63) is 52.6 Å². The Bertz CT molecular complexity index is 954. The second-order valence-electron chi connectivity index (χ2n) is 8.39. The summed E-state index contributed by atoms with van der Waals surface area (Å²) >= 11 is 6.12. The van der Waals surface area contributed by atoms with Crippen LogP contribution in [0.5, 0.6) is 5.75 Å². The summed E-state index contributed by atoms with van der Waals surface area (Å²) in [5.41, 5.74) is 0.117. The average Bonchev–Trinajstić information content (AvgIpc) is 2.69. The van der Waals surface area contributed by atoms with Gasteiger partial charge in [-0.15, -0.1) is 0 Å². The van der Waals surface area contributed by atoms with E-state index in [1.165, 1.54) is 12.4 Å². The minimum absolute atomic E-state index is 0.129. The lowest BCUT2D eigenvalue weighted by Crippen LogP contribution is -2.74. The maximum Gasteiger partial charge on any atom is 0.254 e. The number of amides is 1. The molecule has 1 aromatic heterocycles. The lowest BCUT2D eigenvalue weighted by Gasteiger charge is -2.63. The van der Waals surface area contributed by atoms with Crippen LogP contribution in [0, 0.1) is 22.2 Å². The van der Waals surface area contributed by atoms with Crippen molar-refractivity contribution in [2.75, 3.05) is 0 Å². The Balaban J connectivity index is 1.74. The molecule has 1 aromatic carbocycles. The molecule has 3 rings (SSSR count). The van der Waals surface area contributed by atoms with Crippen LogP contribution in [0.4, 0.5) is 0 Å². The molecule has 0 saturated heterocycles. The van der Waals surface area contributed by atoms with Crippen LogP contribution in [0.3, 0.4) is 0 Å². The monoisotopic (exact) mass is 408 g/mol. The van der Waals surface area contributed by atoms with Crippen LogP contribution in [0.1, 0.15) is 49.4 Å². The molecule has 2 radical (unpaired) electrons. The Morgan fingerprint density at radius 2 is 1.90 bits per heavy atom. The van der Waals surface area contributed by atoms with Gasteiger partial charge in [0.05, 0.1) is 24.0 Å². The number of nitriles is 1. The lowest BCUT2D eigenvalue weighted by atomic mass is 9.49. The summed E-state index contributed by atoms with van der Waals surface area (Å²) in [6.45, 7) is 8.19. The fourth-order valence-corrected chi connectivity index (χ4v) is 4.60. The summed E-state index contributed by atoms with van der Waals surface area (Å²) in [4.78, 5) is 20.8. The number of halogens is 1. The number of nitrogens with one attached hydrogen (secondary N) is 1. The summed E-state index contributed by atoms with van der Waals surface area (Å²) < 4.78 is 6.23. The second kappa shape index (κ2) is 7.68. The number of rotatable bonds is 5. The predicted octanol–water partition coefficient (Wildman–Crippen LogP) is 3.28. The molecular formula is C21H22BClN4O2. The van der Waals surface area contributed by atoms with Crippen LogP contribution in [-0.4, -0.2) is 35.9 Å². The maximum absolute atomic E-state index is 12.7. The van der Waals surface area contributed by atoms with E-state index in [9.17, 15) is 4.79 Å². The number of ether oxygens (including phenoxy) is 1. The number of carbonyl (C=O) groups is 1. The fraction of sp³-hybridized carbons (Fsp3) is 0.429. The molecule has 0 unspecified atom stereocenters. The third-order valence-electron chi connectivity index (χ3n) is 5.58. The lowest BCUT2D eigenvalue weighted by molar-refractivity contribution is -0.164. The highest BCUT2D eigenvalue weighted by Crippen LogP contribution is 2.55. The predicted molar refractivity (Wildman–Crippen MR) is 111 cm³/mol. The summed E-state index contributed by atoms with van der Waals surface area (Å²) in [5, 5.41) is 12.5. The van der Waals surface area contributed by atoms with E-state index in [4.69, 9.17) is 29.4 Å². The van der Waals surface area contributed by atoms with Gasteiger partial charge in [-0.1, -0.05) is 39.3 Å². The molecule has 1 heterocycles. The molecule has 6 nitrogen and oxygen atoms in total. The molecule has 29 heavy (non-hydrogen) atoms. The molecule has 2 aromatic rings. The molecule has 148 valence electrons. The van der Waals surface area contributed by atoms with Gasteiger partial charge in [-0.3, -0.25) is 4.79 Å². The molecular weight excluding hydrogens is 387 g/mol. The van der Waals surface area contributed by atoms with Crippen molar-refractivity contribution in [2.24, 2.45) is 10.8 Å². The fourth-order valence-electron chi connectivity index (χ4n) is 4.39. The minimum Gasteiger partial charge on any atom is -0.489 e. The molecule has 1 amide bonds. The molecule has 0 spiro atoms. The maximum atomic E-state index is 12.7. The molecule has 1 fully saturated rings. The third-order valence-corrected chi connectivity index (χ3v) is 5.89. The summed E-state index contributed by atoms with van der Waals surface area (Å²) in [6, 6.07) is 6.93. The van der Waals surface area contributed by atoms with Gasteiger partial charge in [0.15, 0.2) is 0 Å². The molecule has 1 aliphatic rings. The molecule has 0 aliphatic heterocycles. The minimum atomic E-state index is -0.336. The van der Waals surface area contributed by atoms with Gasteiger partial charge in [-0.05, 0) is 18.5 Å². The van der Waals surface area contributed by atoms with Gasteiger partial charge in [0, 0.05) is 35.3 Å². The number of hydrogen-bond acceptors (Lipinski definition) is 5. The topological polar surface area (TPSA) is 87.9 Å². The van der Waals surface area contributed by atoms with Crippen LogP contribution in [0.15, 0.2) is 30.6 Å². The number of benzene rings is 1. The first kappa shape index (κ1) is 21.1. The van der Waals surface area contributed by atoms with E-state index in [1.54, 1.807) is 18.2 Å². The van der Waals surface area contributed by atoms with Gasteiger partial charge in [0.25, 0.3) is 5.91 Å². The highest BCUT2D eigenvalue weighted by molar-refractivity contribution is 6.31. The van der Waals surface area contributed by atoms with Crippen molar-refractivity contribution in [1.29, 1.82) is 5.26 Å². The Kier molecular flexibility index (Phi) is 5.60. The van der Waals surface area contributed by atoms with Crippen molar-refractivity contribution in [1.82, 2.24) is 15.3 Å². The average molecular weight is 409 g/mol. The van der Waals surface area contributed by atoms with Crippen LogP contribution in [0.2, 0.25) is 5.02 Å². The zero-order valence-corrected chi connectivity index (χ0v) is 17.6. The van der Waals surface area contributed by atoms with Gasteiger partial charge in [0.2, 0.25) is 0 Å². The Morgan fingerprint density at radius 3 is 2.41 bits per heavy atom. The standard InChI is InChI=1S/C21H22BClN4O2/c1-20(2)18(27-17(28)13-10-25-16(8-22)26-11-13)21(3,4)19(20)29-14-6-5-12(9-24)15(23)7-14/h5-7,10-11,18-19H,8H2,1-4H3,(H,27,28). The number of hydrogen-bond donors (Lipinski definition) is 1. The molecule has 0 atom stereocenters. The molecule has 8 heteroatoms. The van der Waals surface area contributed by atoms with Crippen LogP contribution < -0.4 is 10.1 Å². The number of carbonyl (C=O) groups excluding carboxylic acids is 1. The van der Waals surface area contributed by atoms with E-state index in [2.05, 4.69) is 15.3 Å². The van der Waals surface area contributed by atoms with Crippen LogP contribution in [-0.2, 0) is 6.32 Å². The zero-order chi connectivity index (χ0) is 21.4. The van der Waals surface area contributed by atoms with E-state index in [0.29, 0.717) is 27.7 Å². The summed E-state index contributed by atoms with van der Waals surface area (Å²) in [6.07, 6.45) is 3.02. The van der Waals surface area contributed by atoms with Crippen LogP contribution in [0.25, 0.3) is 0 Å². The van der Waals surface area contributed by atoms with Crippen molar-refractivity contribution in [3.63, 3.8) is 0 Å². The first-order chi connectivity index (χ1) is 13.6. The zero-order valence-electron chi connectivity index (χ0n) is 16.9. The number of aromatic nitrogens is 2. The molecule has 1 aliphatic carbocycles. The molecule has 0 bridgehead atoms. The first-order valence-electron chi connectivity index (χ1n) is 9.29. The Hall–Kier alpha value is -2.59. The largest absolute Gasteiger partial charge is 0.489 e. The van der Waals surface area contributed by atoms with Gasteiger partial charge in [0.1, 0.15) is 23.7 Å². The van der Waals surface area contributed by atoms with Gasteiger partial charge in [-0.25, -0.2) is 9.97 Å². The molecule has 1 saturated carbocycles. The van der Waals surface area contributed by atoms with Crippen molar-refractivity contribution in [3.8, 4) is 11.8 Å². The highest BCUT2D eigenvalue weighted by Gasteiger charge is 2.64. The van der Waals surface area contributed by atoms with E-state index in [1.807, 2.05) is 33.8 Å². The second-order valence-corrected chi connectivity index (χ2v) is 8.80. The van der Waals surface area contributed by atoms with E-state index in [0.717, 1.165) is 0 Å². The van der Waals surface area contributed by atoms with Gasteiger partial charge < -0.3 is 10.1 Å². The quantitative estimate of drug-likeness (QED) is 0.767. The summed E-state index contributed by atoms with van der Waals surface area (Å²) in [5.74, 6) is 0.843. The highest BCUT2D eigenvalue weighted by atomic mass is 35.5. The SMILES string of the molecule is [B]Cc1ncc(C(=O)NC2C(C)(C)C(Oc3ccc(C#N)c(Cl)c3)C2(C)C)cn1. The van der Waals surface area contributed by atoms with Crippen molar-refractivity contribution in [2.45, 2.75) is 46.2 Å². The smallest absolute Gasteiger partial charge is 0.254 e. The van der Waals surface area contributed by atoms with Gasteiger partial charge >= 0.3 is 0 Å². The Morgan fingerprint density at radius 1 is 1.28 bits per heavy atom. The third kappa shape index (κ3) is 3.82. The van der Waals surface area contributed by atoms with Crippen molar-refractivity contribution >= 4 is 25.4 Å². The van der Waals surface area contributed by atoms with Gasteiger partial charge in [-0.2, -0.15) is 5.26 Å². The van der Waals surface area contributed by atoms with E-state index >= 15 is 0 Å². The number of nitrogens with zero attached hydrogens (tertiary/aromatic N) is 3. The summed E-state index contributed by atoms with van der Waals surface area (Å²) in [7, 11) is 5.50. The van der Waals surface area contributed by atoms with Crippen molar-refractivity contribution < 1.29 is 9.53 Å². The van der Waals surface area contributed by atoms with Crippen LogP contribution >= 0.6 is 11.6 Å². The first-order valence-corrected chi connectivity index (χ1v) is 9.67. The van der Waals surface area contributed by atoms with E-state index < -0.39 is 0 Å². The Labute approximate surface area is 177 Å². The molecule has 1 N–H and O–H groups in total.